The van der Waals surface area contributed by atoms with E-state index in [4.69, 9.17) is 14.8 Å². The van der Waals surface area contributed by atoms with Gasteiger partial charge in [0.25, 0.3) is 0 Å². The maximum atomic E-state index is 5.85. The zero-order valence-corrected chi connectivity index (χ0v) is 16.5. The number of nitrogens with zero attached hydrogens (tertiary/aromatic N) is 6. The van der Waals surface area contributed by atoms with Crippen molar-refractivity contribution in [1.29, 1.82) is 0 Å². The molecule has 0 aliphatic carbocycles. The van der Waals surface area contributed by atoms with Crippen LogP contribution in [0.3, 0.4) is 0 Å². The van der Waals surface area contributed by atoms with E-state index in [1.807, 2.05) is 36.8 Å². The van der Waals surface area contributed by atoms with Crippen molar-refractivity contribution in [2.45, 2.75) is 26.4 Å². The molecule has 2 bridgehead atoms. The zero-order valence-electron chi connectivity index (χ0n) is 16.5. The van der Waals surface area contributed by atoms with Crippen LogP contribution in [0.1, 0.15) is 17.8 Å². The number of aromatic nitrogens is 5. The number of aryl methyl sites for hydroxylation is 2. The molecule has 0 amide bonds. The van der Waals surface area contributed by atoms with E-state index in [9.17, 15) is 0 Å². The SMILES string of the molecule is Cc1cc2c(-c3nc4ccc(N5CC6COC(C6)C5)cn4n3)cnc(C)c2cn1. The largest absolute Gasteiger partial charge is 0.376 e. The van der Waals surface area contributed by atoms with E-state index in [1.54, 1.807) is 0 Å². The van der Waals surface area contributed by atoms with E-state index in [0.717, 1.165) is 53.1 Å². The summed E-state index contributed by atoms with van der Waals surface area (Å²) in [6.45, 7) is 6.88. The summed E-state index contributed by atoms with van der Waals surface area (Å²) in [6.07, 6.45) is 7.38. The van der Waals surface area contributed by atoms with Crippen molar-refractivity contribution in [3.8, 4) is 11.4 Å². The van der Waals surface area contributed by atoms with Gasteiger partial charge in [-0.05, 0) is 43.9 Å². The van der Waals surface area contributed by atoms with Gasteiger partial charge in [0.1, 0.15) is 0 Å². The molecule has 2 fully saturated rings. The highest BCUT2D eigenvalue weighted by atomic mass is 16.5. The summed E-state index contributed by atoms with van der Waals surface area (Å²) >= 11 is 0. The highest BCUT2D eigenvalue weighted by molar-refractivity contribution is 5.95. The molecule has 29 heavy (non-hydrogen) atoms. The molecule has 2 aliphatic heterocycles. The van der Waals surface area contributed by atoms with Gasteiger partial charge >= 0.3 is 0 Å². The molecule has 7 nitrogen and oxygen atoms in total. The maximum absolute atomic E-state index is 5.85. The smallest absolute Gasteiger partial charge is 0.184 e. The van der Waals surface area contributed by atoms with Crippen LogP contribution >= 0.6 is 0 Å². The van der Waals surface area contributed by atoms with Gasteiger partial charge in [0.05, 0.1) is 24.6 Å². The first-order valence-corrected chi connectivity index (χ1v) is 10.1. The number of ether oxygens (including phenoxy) is 1. The van der Waals surface area contributed by atoms with Crippen LogP contribution < -0.4 is 4.90 Å². The van der Waals surface area contributed by atoms with Gasteiger partial charge in [0.2, 0.25) is 0 Å². The summed E-state index contributed by atoms with van der Waals surface area (Å²) in [7, 11) is 0. The highest BCUT2D eigenvalue weighted by Crippen LogP contribution is 2.31. The fourth-order valence-electron chi connectivity index (χ4n) is 4.60. The molecule has 0 aromatic carbocycles. The molecular formula is C22H22N6O. The Hall–Kier alpha value is -3.06. The second-order valence-electron chi connectivity index (χ2n) is 8.22. The van der Waals surface area contributed by atoms with Crippen molar-refractivity contribution in [1.82, 2.24) is 24.6 Å². The molecule has 0 saturated carbocycles. The Bertz CT molecular complexity index is 1240. The van der Waals surface area contributed by atoms with Crippen molar-refractivity contribution in [2.75, 3.05) is 24.6 Å². The molecule has 2 saturated heterocycles. The number of rotatable bonds is 2. The third kappa shape index (κ3) is 2.76. The summed E-state index contributed by atoms with van der Waals surface area (Å²) in [5.41, 5.74) is 4.87. The number of pyridine rings is 3. The first kappa shape index (κ1) is 16.9. The number of piperidine rings is 1. The average molecular weight is 386 g/mol. The van der Waals surface area contributed by atoms with E-state index >= 15 is 0 Å². The van der Waals surface area contributed by atoms with Crippen molar-refractivity contribution in [3.05, 3.63) is 48.2 Å². The molecule has 4 aromatic heterocycles. The Morgan fingerprint density at radius 3 is 2.90 bits per heavy atom. The fourth-order valence-corrected chi connectivity index (χ4v) is 4.60. The van der Waals surface area contributed by atoms with Crippen LogP contribution in [0.2, 0.25) is 0 Å². The molecule has 0 spiro atoms. The van der Waals surface area contributed by atoms with E-state index in [0.29, 0.717) is 17.8 Å². The lowest BCUT2D eigenvalue weighted by atomic mass is 10.00. The molecule has 0 N–H and O–H groups in total. The number of anilines is 1. The molecule has 0 radical (unpaired) electrons. The van der Waals surface area contributed by atoms with E-state index in [1.165, 1.54) is 12.1 Å². The van der Waals surface area contributed by atoms with Gasteiger partial charge in [-0.2, -0.15) is 0 Å². The summed E-state index contributed by atoms with van der Waals surface area (Å²) in [5, 5.41) is 6.92. The summed E-state index contributed by atoms with van der Waals surface area (Å²) < 4.78 is 7.73. The van der Waals surface area contributed by atoms with Crippen LogP contribution in [0.15, 0.2) is 36.8 Å². The molecule has 7 heteroatoms. The molecule has 6 rings (SSSR count). The van der Waals surface area contributed by atoms with Gasteiger partial charge in [0.15, 0.2) is 11.5 Å². The van der Waals surface area contributed by atoms with E-state index < -0.39 is 0 Å². The predicted octanol–water partition coefficient (Wildman–Crippen LogP) is 3.18. The standard InChI is InChI=1S/C22H22N6O/c1-13-5-18-19(7-23-13)14(2)24-8-20(18)22-25-21-4-3-16(10-28(21)26-22)27-9-15-6-17(11-27)29-12-15/h3-5,7-8,10,15,17H,6,9,11-12H2,1-2H3. The highest BCUT2D eigenvalue weighted by Gasteiger charge is 2.34. The van der Waals surface area contributed by atoms with Gasteiger partial charge in [-0.3, -0.25) is 9.97 Å². The fraction of sp³-hybridized carbons (Fsp3) is 0.364. The molecule has 6 heterocycles. The van der Waals surface area contributed by atoms with Gasteiger partial charge in [-0.15, -0.1) is 5.10 Å². The van der Waals surface area contributed by atoms with Gasteiger partial charge in [-0.1, -0.05) is 0 Å². The van der Waals surface area contributed by atoms with Crippen LogP contribution in [0.25, 0.3) is 27.8 Å². The van der Waals surface area contributed by atoms with Crippen molar-refractivity contribution >= 4 is 22.1 Å². The molecule has 2 unspecified atom stereocenters. The average Bonchev–Trinajstić information content (AvgIpc) is 3.29. The summed E-state index contributed by atoms with van der Waals surface area (Å²) in [4.78, 5) is 16.1. The lowest BCUT2D eigenvalue weighted by molar-refractivity contribution is 0.119. The Labute approximate surface area is 168 Å². The molecular weight excluding hydrogens is 364 g/mol. The summed E-state index contributed by atoms with van der Waals surface area (Å²) in [6, 6.07) is 6.26. The quantitative estimate of drug-likeness (QED) is 0.527. The summed E-state index contributed by atoms with van der Waals surface area (Å²) in [5.74, 6) is 1.32. The number of hydrogen-bond donors (Lipinski definition) is 0. The third-order valence-corrected chi connectivity index (χ3v) is 6.10. The second-order valence-corrected chi connectivity index (χ2v) is 8.22. The first-order valence-electron chi connectivity index (χ1n) is 10.1. The maximum Gasteiger partial charge on any atom is 0.184 e. The Balaban J connectivity index is 1.43. The normalized spacial score (nSPS) is 21.4. The predicted molar refractivity (Wildman–Crippen MR) is 111 cm³/mol. The van der Waals surface area contributed by atoms with Crippen molar-refractivity contribution < 1.29 is 4.74 Å². The van der Waals surface area contributed by atoms with Crippen LogP contribution in [0.4, 0.5) is 5.69 Å². The Morgan fingerprint density at radius 2 is 2.00 bits per heavy atom. The minimum absolute atomic E-state index is 0.359. The van der Waals surface area contributed by atoms with Crippen LogP contribution in [0, 0.1) is 19.8 Å². The molecule has 4 aromatic rings. The van der Waals surface area contributed by atoms with Gasteiger partial charge < -0.3 is 9.64 Å². The van der Waals surface area contributed by atoms with Crippen molar-refractivity contribution in [2.24, 2.45) is 5.92 Å². The zero-order chi connectivity index (χ0) is 19.5. The monoisotopic (exact) mass is 386 g/mol. The van der Waals surface area contributed by atoms with Crippen LogP contribution in [-0.4, -0.2) is 50.4 Å². The minimum atomic E-state index is 0.359. The number of fused-ring (bicyclic) bond motifs is 4. The van der Waals surface area contributed by atoms with Gasteiger partial charge in [0, 0.05) is 53.7 Å². The topological polar surface area (TPSA) is 68.4 Å². The second kappa shape index (κ2) is 6.22. The lowest BCUT2D eigenvalue weighted by Crippen LogP contribution is -2.39. The van der Waals surface area contributed by atoms with Crippen molar-refractivity contribution in [3.63, 3.8) is 0 Å². The van der Waals surface area contributed by atoms with E-state index in [-0.39, 0.29) is 0 Å². The Morgan fingerprint density at radius 1 is 1.07 bits per heavy atom. The minimum Gasteiger partial charge on any atom is -0.376 e. The lowest BCUT2D eigenvalue weighted by Gasteiger charge is -2.31. The Kier molecular flexibility index (Phi) is 3.61. The first-order chi connectivity index (χ1) is 14.1. The van der Waals surface area contributed by atoms with Gasteiger partial charge in [-0.25, -0.2) is 9.50 Å². The molecule has 146 valence electrons. The number of hydrogen-bond acceptors (Lipinski definition) is 6. The molecule has 2 aliphatic rings. The third-order valence-electron chi connectivity index (χ3n) is 6.10. The van der Waals surface area contributed by atoms with Crippen LogP contribution in [-0.2, 0) is 4.74 Å². The molecule has 2 atom stereocenters. The van der Waals surface area contributed by atoms with Crippen LogP contribution in [0.5, 0.6) is 0 Å². The van der Waals surface area contributed by atoms with E-state index in [2.05, 4.69) is 33.2 Å².